The number of fused-ring (bicyclic) bond motifs is 1. The molecule has 2 saturated heterocycles. The van der Waals surface area contributed by atoms with Crippen molar-refractivity contribution in [2.24, 2.45) is 0 Å². The number of carbonyl (C=O) groups is 4. The summed E-state index contributed by atoms with van der Waals surface area (Å²) in [5, 5.41) is 7.35. The Bertz CT molecular complexity index is 2530. The second kappa shape index (κ2) is 17.4. The lowest BCUT2D eigenvalue weighted by molar-refractivity contribution is -0.134. The maximum Gasteiger partial charge on any atom is 0.407 e. The average molecular weight is 811 g/mol. The lowest BCUT2D eigenvalue weighted by Crippen LogP contribution is -2.42. The molecule has 0 bridgehead atoms. The van der Waals surface area contributed by atoms with Gasteiger partial charge in [0.25, 0.3) is 5.91 Å². The van der Waals surface area contributed by atoms with Gasteiger partial charge in [-0.2, -0.15) is 0 Å². The minimum atomic E-state index is -0.963. The van der Waals surface area contributed by atoms with E-state index in [1.165, 1.54) is 14.2 Å². The minimum absolute atomic E-state index is 0.128. The normalized spacial score (nSPS) is 16.7. The van der Waals surface area contributed by atoms with Crippen molar-refractivity contribution in [1.29, 1.82) is 0 Å². The Kier molecular flexibility index (Phi) is 11.5. The van der Waals surface area contributed by atoms with Crippen LogP contribution < -0.4 is 15.4 Å². The highest BCUT2D eigenvalue weighted by molar-refractivity contribution is 5.91. The zero-order valence-electron chi connectivity index (χ0n) is 33.6. The molecule has 8 rings (SSSR count). The number of alkyl carbamates (subject to hydrolysis) is 2. The molecule has 4 aromatic carbocycles. The van der Waals surface area contributed by atoms with Crippen LogP contribution in [0.1, 0.15) is 61.0 Å². The first-order valence-corrected chi connectivity index (χ1v) is 19.9. The van der Waals surface area contributed by atoms with E-state index in [4.69, 9.17) is 14.5 Å². The van der Waals surface area contributed by atoms with Gasteiger partial charge in [0.15, 0.2) is 0 Å². The van der Waals surface area contributed by atoms with Crippen LogP contribution >= 0.6 is 0 Å². The average Bonchev–Trinajstić information content (AvgIpc) is 4.14. The largest absolute Gasteiger partial charge is 0.497 e. The van der Waals surface area contributed by atoms with E-state index in [-0.39, 0.29) is 30.4 Å². The number of hydrogen-bond acceptors (Lipinski definition) is 9. The van der Waals surface area contributed by atoms with Crippen LogP contribution in [0.2, 0.25) is 0 Å². The molecule has 2 aliphatic heterocycles. The number of ether oxygens (including phenoxy) is 3. The molecule has 2 fully saturated rings. The zero-order valence-corrected chi connectivity index (χ0v) is 33.6. The van der Waals surface area contributed by atoms with Crippen molar-refractivity contribution in [3.63, 3.8) is 0 Å². The summed E-state index contributed by atoms with van der Waals surface area (Å²) in [6.07, 6.45) is 5.42. The van der Waals surface area contributed by atoms with Crippen molar-refractivity contribution in [3.8, 4) is 39.4 Å². The van der Waals surface area contributed by atoms with Crippen molar-refractivity contribution in [1.82, 2.24) is 40.4 Å². The van der Waals surface area contributed by atoms with Crippen LogP contribution in [0.25, 0.3) is 44.4 Å². The predicted octanol–water partition coefficient (Wildman–Crippen LogP) is 7.08. The van der Waals surface area contributed by atoms with Gasteiger partial charge in [-0.05, 0) is 83.0 Å². The molecule has 6 aromatic rings. The Labute approximate surface area is 346 Å². The number of aromatic amines is 2. The summed E-state index contributed by atoms with van der Waals surface area (Å²) in [5.41, 5.74) is 6.38. The van der Waals surface area contributed by atoms with Gasteiger partial charge in [-0.1, -0.05) is 60.7 Å². The number of hydrogen-bond donors (Lipinski definition) is 4. The first-order chi connectivity index (χ1) is 29.2. The first-order valence-electron chi connectivity index (χ1n) is 19.9. The van der Waals surface area contributed by atoms with Crippen molar-refractivity contribution < 1.29 is 33.4 Å². The molecule has 0 aliphatic carbocycles. The third-order valence-electron chi connectivity index (χ3n) is 11.3. The lowest BCUT2D eigenvalue weighted by Gasteiger charge is -2.28. The van der Waals surface area contributed by atoms with Crippen molar-refractivity contribution in [2.75, 3.05) is 41.0 Å². The maximum absolute atomic E-state index is 14.1. The van der Waals surface area contributed by atoms with E-state index in [0.29, 0.717) is 30.2 Å². The van der Waals surface area contributed by atoms with Crippen LogP contribution in [-0.4, -0.2) is 94.7 Å². The molecule has 0 spiro atoms. The third kappa shape index (κ3) is 8.23. The van der Waals surface area contributed by atoms with E-state index in [2.05, 4.69) is 91.0 Å². The molecule has 0 unspecified atom stereocenters. The molecule has 0 saturated carbocycles. The molecule has 308 valence electrons. The molecule has 15 heteroatoms. The maximum atomic E-state index is 14.1. The summed E-state index contributed by atoms with van der Waals surface area (Å²) in [4.78, 5) is 70.5. The van der Waals surface area contributed by atoms with Gasteiger partial charge in [0, 0.05) is 18.7 Å². The molecule has 2 aromatic heterocycles. The first kappa shape index (κ1) is 39.7. The molecule has 2 aliphatic rings. The topological polar surface area (TPSA) is 184 Å². The third-order valence-corrected chi connectivity index (χ3v) is 11.3. The number of aromatic nitrogens is 4. The Balaban J connectivity index is 0.941. The van der Waals surface area contributed by atoms with Crippen molar-refractivity contribution in [2.45, 2.75) is 43.8 Å². The number of rotatable bonds is 11. The van der Waals surface area contributed by atoms with E-state index in [0.717, 1.165) is 75.9 Å². The molecule has 4 amide bonds. The Morgan fingerprint density at radius 3 is 1.95 bits per heavy atom. The van der Waals surface area contributed by atoms with Gasteiger partial charge in [0.05, 0.1) is 57.2 Å². The zero-order chi connectivity index (χ0) is 41.8. The quantitative estimate of drug-likeness (QED) is 0.106. The van der Waals surface area contributed by atoms with E-state index in [9.17, 15) is 19.2 Å². The summed E-state index contributed by atoms with van der Waals surface area (Å²) in [5.74, 6) is 1.55. The monoisotopic (exact) mass is 810 g/mol. The number of benzene rings is 4. The molecular weight excluding hydrogens is 765 g/mol. The molecule has 4 N–H and O–H groups in total. The van der Waals surface area contributed by atoms with Gasteiger partial charge >= 0.3 is 12.2 Å². The van der Waals surface area contributed by atoms with Crippen LogP contribution in [0.15, 0.2) is 97.3 Å². The molecule has 15 nitrogen and oxygen atoms in total. The summed E-state index contributed by atoms with van der Waals surface area (Å²) in [6, 6.07) is 26.6. The number of nitrogens with zero attached hydrogens (tertiary/aromatic N) is 4. The van der Waals surface area contributed by atoms with Crippen LogP contribution in [0.4, 0.5) is 9.59 Å². The minimum Gasteiger partial charge on any atom is -0.497 e. The van der Waals surface area contributed by atoms with Crippen molar-refractivity contribution >= 4 is 34.8 Å². The second-order valence-electron chi connectivity index (χ2n) is 14.8. The number of imidazole rings is 2. The van der Waals surface area contributed by atoms with Crippen molar-refractivity contribution in [3.05, 3.63) is 115 Å². The van der Waals surface area contributed by atoms with Gasteiger partial charge in [-0.15, -0.1) is 0 Å². The summed E-state index contributed by atoms with van der Waals surface area (Å²) in [6.45, 7) is 0.998. The molecule has 3 atom stereocenters. The highest BCUT2D eigenvalue weighted by Gasteiger charge is 2.37. The Morgan fingerprint density at radius 2 is 1.28 bits per heavy atom. The molecule has 4 heterocycles. The van der Waals surface area contributed by atoms with E-state index < -0.39 is 18.2 Å². The smallest absolute Gasteiger partial charge is 0.407 e. The highest BCUT2D eigenvalue weighted by atomic mass is 16.5. The standard InChI is InChI=1S/C45H46N8O7/c1-58-34-8-4-7-33(23-34)40(51-45(57)60-3)43(55)53-20-6-10-38(53)42-46-24-35(49-42)28-13-11-27(12-14-28)29-15-16-31-22-32(18-17-30(31)21-29)36-25-47-41(50-36)37-9-5-19-52(37)39(54)26-48-44(56)59-2/h4,7-8,11-18,21-25,37-38,40H,5-6,9-10,19-20,26H2,1-3H3,(H,46,49)(H,47,50)(H,48,56)(H,51,57)/t37-,38-,40+/m0/s1. The number of H-pyrrole nitrogens is 2. The molecular formula is C45H46N8O7. The summed E-state index contributed by atoms with van der Waals surface area (Å²) in [7, 11) is 4.09. The van der Waals surface area contributed by atoms with Gasteiger partial charge in [0.1, 0.15) is 30.0 Å². The summed E-state index contributed by atoms with van der Waals surface area (Å²) < 4.78 is 14.8. The number of nitrogens with one attached hydrogen (secondary N) is 4. The van der Waals surface area contributed by atoms with Crippen LogP contribution in [0.3, 0.4) is 0 Å². The highest BCUT2D eigenvalue weighted by Crippen LogP contribution is 2.36. The fraction of sp³-hybridized carbons (Fsp3) is 0.289. The fourth-order valence-corrected chi connectivity index (χ4v) is 8.18. The van der Waals surface area contributed by atoms with Crippen LogP contribution in [-0.2, 0) is 19.1 Å². The Morgan fingerprint density at radius 1 is 0.700 bits per heavy atom. The van der Waals surface area contributed by atoms with Crippen LogP contribution in [0.5, 0.6) is 5.75 Å². The van der Waals surface area contributed by atoms with E-state index in [1.54, 1.807) is 53.6 Å². The van der Waals surface area contributed by atoms with Gasteiger partial charge in [-0.3, -0.25) is 9.59 Å². The van der Waals surface area contributed by atoms with E-state index in [1.807, 2.05) is 0 Å². The van der Waals surface area contributed by atoms with Gasteiger partial charge < -0.3 is 44.6 Å². The summed E-state index contributed by atoms with van der Waals surface area (Å²) >= 11 is 0. The molecule has 0 radical (unpaired) electrons. The number of likely N-dealkylation sites (tertiary alicyclic amines) is 2. The second-order valence-corrected chi connectivity index (χ2v) is 14.8. The molecule has 60 heavy (non-hydrogen) atoms. The SMILES string of the molecule is COC(=O)NCC(=O)N1CCC[C@H]1c1ncc(-c2ccc3cc(-c4ccc(-c5cnc([C@@H]6CCCN6C(=O)[C@H](NC(=O)OC)c6cccc(OC)c6)[nH]5)cc4)ccc3c2)[nH]1. The number of methoxy groups -OCH3 is 3. The van der Waals surface area contributed by atoms with Crippen LogP contribution in [0, 0.1) is 0 Å². The van der Waals surface area contributed by atoms with Gasteiger partial charge in [0.2, 0.25) is 5.91 Å². The van der Waals surface area contributed by atoms with E-state index >= 15 is 0 Å². The lowest BCUT2D eigenvalue weighted by atomic mass is 9.98. The fourth-order valence-electron chi connectivity index (χ4n) is 8.18. The Hall–Kier alpha value is -7.16. The number of amides is 4. The number of carbonyl (C=O) groups excluding carboxylic acids is 4. The predicted molar refractivity (Wildman–Crippen MR) is 224 cm³/mol. The van der Waals surface area contributed by atoms with Gasteiger partial charge in [-0.25, -0.2) is 19.6 Å².